The van der Waals surface area contributed by atoms with Crippen LogP contribution in [0.15, 0.2) is 24.3 Å². The lowest BCUT2D eigenvalue weighted by Gasteiger charge is -2.06. The molecule has 0 aliphatic rings. The van der Waals surface area contributed by atoms with Crippen LogP contribution in [0, 0.1) is 0 Å². The highest BCUT2D eigenvalue weighted by Crippen LogP contribution is 2.12. The summed E-state index contributed by atoms with van der Waals surface area (Å²) in [6.45, 7) is 0. The Labute approximate surface area is 91.8 Å². The van der Waals surface area contributed by atoms with Gasteiger partial charge in [-0.15, -0.1) is 11.6 Å². The number of carbonyl (C=O) groups excluding carboxylic acids is 2. The normalized spacial score (nSPS) is 9.13. The SMILES string of the molecule is O=CNNc1ccc(NC(=O)CCl)cc1. The summed E-state index contributed by atoms with van der Waals surface area (Å²) < 4.78 is 0. The van der Waals surface area contributed by atoms with E-state index in [9.17, 15) is 9.59 Å². The quantitative estimate of drug-likeness (QED) is 0.398. The molecule has 2 amide bonds. The Hall–Kier alpha value is -1.75. The summed E-state index contributed by atoms with van der Waals surface area (Å²) in [5, 5.41) is 2.59. The highest BCUT2D eigenvalue weighted by molar-refractivity contribution is 6.29. The lowest BCUT2D eigenvalue weighted by Crippen LogP contribution is -2.18. The van der Waals surface area contributed by atoms with E-state index in [4.69, 9.17) is 11.6 Å². The van der Waals surface area contributed by atoms with Crippen LogP contribution < -0.4 is 16.2 Å². The van der Waals surface area contributed by atoms with Crippen molar-refractivity contribution in [1.29, 1.82) is 0 Å². The topological polar surface area (TPSA) is 70.2 Å². The van der Waals surface area contributed by atoms with E-state index in [-0.39, 0.29) is 11.8 Å². The fourth-order valence-electron chi connectivity index (χ4n) is 0.944. The van der Waals surface area contributed by atoms with Crippen LogP contribution in [0.3, 0.4) is 0 Å². The Morgan fingerprint density at radius 2 is 1.87 bits per heavy atom. The molecule has 6 heteroatoms. The second-order valence-electron chi connectivity index (χ2n) is 2.65. The molecule has 1 aromatic rings. The van der Waals surface area contributed by atoms with Gasteiger partial charge in [0, 0.05) is 5.69 Å². The number of benzene rings is 1. The summed E-state index contributed by atoms with van der Waals surface area (Å²) in [7, 11) is 0. The summed E-state index contributed by atoms with van der Waals surface area (Å²) in [6.07, 6.45) is 0.531. The molecule has 0 saturated carbocycles. The van der Waals surface area contributed by atoms with E-state index in [1.54, 1.807) is 24.3 Å². The molecule has 0 unspecified atom stereocenters. The Kier molecular flexibility index (Phi) is 4.43. The van der Waals surface area contributed by atoms with Crippen LogP contribution >= 0.6 is 11.6 Å². The van der Waals surface area contributed by atoms with Crippen molar-refractivity contribution < 1.29 is 9.59 Å². The van der Waals surface area contributed by atoms with Gasteiger partial charge in [0.15, 0.2) is 0 Å². The minimum absolute atomic E-state index is 0.0767. The number of rotatable bonds is 5. The lowest BCUT2D eigenvalue weighted by molar-refractivity contribution is -0.114. The van der Waals surface area contributed by atoms with Crippen molar-refractivity contribution in [3.63, 3.8) is 0 Å². The first-order chi connectivity index (χ1) is 7.26. The number of anilines is 2. The van der Waals surface area contributed by atoms with Gasteiger partial charge >= 0.3 is 0 Å². The van der Waals surface area contributed by atoms with Gasteiger partial charge in [-0.1, -0.05) is 0 Å². The smallest absolute Gasteiger partial charge is 0.239 e. The Bertz CT molecular complexity index is 340. The number of carbonyl (C=O) groups is 2. The Morgan fingerprint density at radius 1 is 1.27 bits per heavy atom. The summed E-state index contributed by atoms with van der Waals surface area (Å²) in [4.78, 5) is 20.9. The maximum atomic E-state index is 10.9. The number of halogens is 1. The average molecular weight is 228 g/mol. The molecular formula is C9H10ClN3O2. The predicted molar refractivity (Wildman–Crippen MR) is 58.6 cm³/mol. The zero-order valence-electron chi connectivity index (χ0n) is 7.79. The zero-order valence-corrected chi connectivity index (χ0v) is 8.54. The van der Waals surface area contributed by atoms with E-state index in [1.807, 2.05) is 0 Å². The van der Waals surface area contributed by atoms with Gasteiger partial charge in [0.2, 0.25) is 12.3 Å². The number of amides is 2. The molecule has 15 heavy (non-hydrogen) atoms. The first-order valence-corrected chi connectivity index (χ1v) is 4.71. The molecule has 0 radical (unpaired) electrons. The summed E-state index contributed by atoms with van der Waals surface area (Å²) >= 11 is 5.33. The molecule has 0 bridgehead atoms. The van der Waals surface area contributed by atoms with Gasteiger partial charge in [-0.05, 0) is 24.3 Å². The van der Waals surface area contributed by atoms with Crippen molar-refractivity contribution in [2.24, 2.45) is 0 Å². The van der Waals surface area contributed by atoms with Gasteiger partial charge in [-0.2, -0.15) is 0 Å². The number of alkyl halides is 1. The van der Waals surface area contributed by atoms with E-state index in [0.717, 1.165) is 0 Å². The molecule has 80 valence electrons. The van der Waals surface area contributed by atoms with E-state index in [0.29, 0.717) is 17.8 Å². The molecule has 0 saturated heterocycles. The van der Waals surface area contributed by atoms with Crippen LogP contribution in [0.4, 0.5) is 11.4 Å². The number of hydrogen-bond acceptors (Lipinski definition) is 3. The molecule has 0 aliphatic heterocycles. The maximum Gasteiger partial charge on any atom is 0.239 e. The van der Waals surface area contributed by atoms with Crippen LogP contribution in [0.1, 0.15) is 0 Å². The van der Waals surface area contributed by atoms with E-state index >= 15 is 0 Å². The molecule has 1 aromatic carbocycles. The molecule has 5 nitrogen and oxygen atoms in total. The van der Waals surface area contributed by atoms with Crippen LogP contribution in [0.2, 0.25) is 0 Å². The molecule has 0 aromatic heterocycles. The molecule has 0 heterocycles. The maximum absolute atomic E-state index is 10.9. The van der Waals surface area contributed by atoms with Crippen molar-refractivity contribution in [2.75, 3.05) is 16.6 Å². The molecule has 0 spiro atoms. The van der Waals surface area contributed by atoms with Crippen LogP contribution in [-0.2, 0) is 9.59 Å². The third-order valence-electron chi connectivity index (χ3n) is 1.57. The lowest BCUT2D eigenvalue weighted by atomic mass is 10.3. The molecular weight excluding hydrogens is 218 g/mol. The fraction of sp³-hybridized carbons (Fsp3) is 0.111. The highest BCUT2D eigenvalue weighted by atomic mass is 35.5. The highest BCUT2D eigenvalue weighted by Gasteiger charge is 1.99. The van der Waals surface area contributed by atoms with Crippen molar-refractivity contribution in [2.45, 2.75) is 0 Å². The first-order valence-electron chi connectivity index (χ1n) is 4.17. The van der Waals surface area contributed by atoms with Crippen molar-refractivity contribution in [1.82, 2.24) is 5.43 Å². The molecule has 1 rings (SSSR count). The summed E-state index contributed by atoms with van der Waals surface area (Å²) in [6, 6.07) is 6.80. The summed E-state index contributed by atoms with van der Waals surface area (Å²) in [5.74, 6) is -0.337. The molecule has 0 aliphatic carbocycles. The standard InChI is InChI=1S/C9H10ClN3O2/c10-5-9(15)12-7-1-3-8(4-2-7)13-11-6-14/h1-4,6,13H,5H2,(H,11,14)(H,12,15). The van der Waals surface area contributed by atoms with Crippen LogP contribution in [0.25, 0.3) is 0 Å². The third-order valence-corrected chi connectivity index (χ3v) is 1.81. The largest absolute Gasteiger partial charge is 0.325 e. The fourth-order valence-corrected chi connectivity index (χ4v) is 1.01. The average Bonchev–Trinajstić information content (AvgIpc) is 2.28. The van der Waals surface area contributed by atoms with Crippen LogP contribution in [0.5, 0.6) is 0 Å². The van der Waals surface area contributed by atoms with Crippen LogP contribution in [-0.4, -0.2) is 18.2 Å². The number of hydrazine groups is 1. The molecule has 3 N–H and O–H groups in total. The van der Waals surface area contributed by atoms with Crippen molar-refractivity contribution in [3.8, 4) is 0 Å². The van der Waals surface area contributed by atoms with E-state index in [1.165, 1.54) is 0 Å². The Morgan fingerprint density at radius 3 is 2.40 bits per heavy atom. The number of nitrogens with one attached hydrogen (secondary N) is 3. The second-order valence-corrected chi connectivity index (χ2v) is 2.91. The minimum Gasteiger partial charge on any atom is -0.325 e. The third kappa shape index (κ3) is 3.86. The predicted octanol–water partition coefficient (Wildman–Crippen LogP) is 0.937. The Balaban J connectivity index is 2.55. The van der Waals surface area contributed by atoms with Gasteiger partial charge in [0.05, 0.1) is 5.69 Å². The second kappa shape index (κ2) is 5.87. The minimum atomic E-state index is -0.261. The first kappa shape index (κ1) is 11.3. The van der Waals surface area contributed by atoms with Gasteiger partial charge in [0.25, 0.3) is 0 Å². The van der Waals surface area contributed by atoms with E-state index in [2.05, 4.69) is 16.2 Å². The zero-order chi connectivity index (χ0) is 11.1. The van der Waals surface area contributed by atoms with Gasteiger partial charge in [-0.25, -0.2) is 0 Å². The van der Waals surface area contributed by atoms with Crippen molar-refractivity contribution in [3.05, 3.63) is 24.3 Å². The summed E-state index contributed by atoms with van der Waals surface area (Å²) in [5.41, 5.74) is 6.29. The van der Waals surface area contributed by atoms with Gasteiger partial charge in [-0.3, -0.25) is 20.4 Å². The van der Waals surface area contributed by atoms with Crippen molar-refractivity contribution >= 4 is 35.3 Å². The molecule has 0 atom stereocenters. The molecule has 0 fully saturated rings. The van der Waals surface area contributed by atoms with E-state index < -0.39 is 0 Å². The van der Waals surface area contributed by atoms with Gasteiger partial charge in [0.1, 0.15) is 5.88 Å². The number of hydrogen-bond donors (Lipinski definition) is 3. The van der Waals surface area contributed by atoms with Gasteiger partial charge < -0.3 is 5.32 Å². The monoisotopic (exact) mass is 227 g/mol.